The number of oxazole rings is 1. The van der Waals surface area contributed by atoms with Gasteiger partial charge in [-0.2, -0.15) is 0 Å². The van der Waals surface area contributed by atoms with Gasteiger partial charge in [0.05, 0.1) is 23.3 Å². The molecule has 1 fully saturated rings. The maximum Gasteiger partial charge on any atom is 0.255 e. The highest BCUT2D eigenvalue weighted by Crippen LogP contribution is 2.23. The summed E-state index contributed by atoms with van der Waals surface area (Å²) in [5, 5.41) is 0.507. The van der Waals surface area contributed by atoms with Gasteiger partial charge in [-0.25, -0.2) is 4.98 Å². The van der Waals surface area contributed by atoms with Crippen molar-refractivity contribution < 1.29 is 9.21 Å². The van der Waals surface area contributed by atoms with E-state index in [1.165, 1.54) is 0 Å². The smallest absolute Gasteiger partial charge is 0.255 e. The van der Waals surface area contributed by atoms with Crippen LogP contribution in [0.1, 0.15) is 49.2 Å². The first kappa shape index (κ1) is 18.9. The number of hydrogen-bond donors (Lipinski definition) is 0. The highest BCUT2D eigenvalue weighted by Gasteiger charge is 2.24. The summed E-state index contributed by atoms with van der Waals surface area (Å²) in [6, 6.07) is 7.23. The molecule has 2 aromatic rings. The van der Waals surface area contributed by atoms with E-state index in [0.29, 0.717) is 23.7 Å². The quantitative estimate of drug-likeness (QED) is 0.814. The number of carbonyl (C=O) groups is 1. The summed E-state index contributed by atoms with van der Waals surface area (Å²) in [7, 11) is 0. The van der Waals surface area contributed by atoms with Crippen molar-refractivity contribution in [1.82, 2.24) is 14.8 Å². The van der Waals surface area contributed by atoms with Crippen molar-refractivity contribution in [2.24, 2.45) is 0 Å². The Morgan fingerprint density at radius 2 is 1.96 bits per heavy atom. The van der Waals surface area contributed by atoms with Gasteiger partial charge in [0.15, 0.2) is 0 Å². The molecule has 140 valence electrons. The van der Waals surface area contributed by atoms with E-state index in [0.717, 1.165) is 37.7 Å². The summed E-state index contributed by atoms with van der Waals surface area (Å²) < 4.78 is 5.90. The molecular weight excluding hydrogens is 350 g/mol. The van der Waals surface area contributed by atoms with Gasteiger partial charge in [0.1, 0.15) is 5.76 Å². The Bertz CT molecular complexity index is 766. The van der Waals surface area contributed by atoms with Crippen molar-refractivity contribution in [3.8, 4) is 0 Å². The topological polar surface area (TPSA) is 49.6 Å². The molecule has 1 saturated heterocycles. The van der Waals surface area contributed by atoms with E-state index in [4.69, 9.17) is 16.0 Å². The van der Waals surface area contributed by atoms with E-state index >= 15 is 0 Å². The van der Waals surface area contributed by atoms with Gasteiger partial charge < -0.3 is 9.32 Å². The Balaban J connectivity index is 1.61. The van der Waals surface area contributed by atoms with Crippen LogP contribution in [-0.2, 0) is 12.0 Å². The fourth-order valence-corrected chi connectivity index (χ4v) is 3.28. The number of rotatable bonds is 3. The number of aromatic nitrogens is 1. The molecule has 0 radical (unpaired) electrons. The zero-order valence-electron chi connectivity index (χ0n) is 15.7. The monoisotopic (exact) mass is 375 g/mol. The van der Waals surface area contributed by atoms with Gasteiger partial charge in [-0.3, -0.25) is 9.69 Å². The van der Waals surface area contributed by atoms with Gasteiger partial charge in [-0.05, 0) is 18.6 Å². The lowest BCUT2D eigenvalue weighted by molar-refractivity contribution is 0.0761. The largest absolute Gasteiger partial charge is 0.444 e. The van der Waals surface area contributed by atoms with E-state index in [1.54, 1.807) is 12.1 Å². The molecule has 26 heavy (non-hydrogen) atoms. The van der Waals surface area contributed by atoms with Crippen molar-refractivity contribution in [2.45, 2.75) is 39.2 Å². The fraction of sp³-hybridized carbons (Fsp3) is 0.500. The standard InChI is InChI=1S/C20H26ClN3O2/c1-20(2,3)17-13-22-18(26-17)14-23-9-6-10-24(12-11-23)19(25)15-7-4-5-8-16(15)21/h4-5,7-8,13H,6,9-12,14H2,1-3H3. The number of carbonyl (C=O) groups excluding carboxylic acids is 1. The third kappa shape index (κ3) is 4.46. The van der Waals surface area contributed by atoms with Crippen LogP contribution in [0.4, 0.5) is 0 Å². The Kier molecular flexibility index (Phi) is 5.68. The van der Waals surface area contributed by atoms with Crippen LogP contribution in [0.25, 0.3) is 0 Å². The number of nitrogens with zero attached hydrogens (tertiary/aromatic N) is 3. The molecule has 0 N–H and O–H groups in total. The molecular formula is C20H26ClN3O2. The first-order chi connectivity index (χ1) is 12.3. The molecule has 6 heteroatoms. The van der Waals surface area contributed by atoms with Gasteiger partial charge in [0, 0.05) is 31.6 Å². The molecule has 1 aliphatic heterocycles. The van der Waals surface area contributed by atoms with Crippen LogP contribution in [0.15, 0.2) is 34.9 Å². The Morgan fingerprint density at radius 3 is 2.65 bits per heavy atom. The van der Waals surface area contributed by atoms with E-state index in [9.17, 15) is 4.79 Å². The number of benzene rings is 1. The number of hydrogen-bond acceptors (Lipinski definition) is 4. The second-order valence-electron chi connectivity index (χ2n) is 7.77. The molecule has 2 heterocycles. The highest BCUT2D eigenvalue weighted by atomic mass is 35.5. The van der Waals surface area contributed by atoms with Crippen LogP contribution >= 0.6 is 11.6 Å². The molecule has 1 amide bonds. The van der Waals surface area contributed by atoms with E-state index < -0.39 is 0 Å². The minimum absolute atomic E-state index is 0.00333. The number of amides is 1. The lowest BCUT2D eigenvalue weighted by Crippen LogP contribution is -2.35. The van der Waals surface area contributed by atoms with Crippen LogP contribution < -0.4 is 0 Å². The Labute approximate surface area is 159 Å². The van der Waals surface area contributed by atoms with Gasteiger partial charge in [0.25, 0.3) is 5.91 Å². The average molecular weight is 376 g/mol. The third-order valence-corrected chi connectivity index (χ3v) is 4.96. The molecule has 1 aromatic heterocycles. The van der Waals surface area contributed by atoms with E-state index in [-0.39, 0.29) is 11.3 Å². The van der Waals surface area contributed by atoms with Crippen molar-refractivity contribution in [2.75, 3.05) is 26.2 Å². The van der Waals surface area contributed by atoms with Crippen LogP contribution in [-0.4, -0.2) is 46.9 Å². The maximum absolute atomic E-state index is 12.7. The van der Waals surface area contributed by atoms with Gasteiger partial charge >= 0.3 is 0 Å². The zero-order valence-corrected chi connectivity index (χ0v) is 16.4. The van der Waals surface area contributed by atoms with Crippen LogP contribution in [0.3, 0.4) is 0 Å². The maximum atomic E-state index is 12.7. The Morgan fingerprint density at radius 1 is 1.19 bits per heavy atom. The van der Waals surface area contributed by atoms with Crippen molar-refractivity contribution >= 4 is 17.5 Å². The van der Waals surface area contributed by atoms with Crippen molar-refractivity contribution in [3.63, 3.8) is 0 Å². The SMILES string of the molecule is CC(C)(C)c1cnc(CN2CCCN(C(=O)c3ccccc3Cl)CC2)o1. The predicted molar refractivity (Wildman–Crippen MR) is 102 cm³/mol. The first-order valence-electron chi connectivity index (χ1n) is 9.06. The number of halogens is 1. The molecule has 0 unspecified atom stereocenters. The molecule has 1 aliphatic rings. The molecule has 0 atom stereocenters. The third-order valence-electron chi connectivity index (χ3n) is 4.63. The summed E-state index contributed by atoms with van der Waals surface area (Å²) in [6.45, 7) is 10.1. The Hall–Kier alpha value is -1.85. The van der Waals surface area contributed by atoms with Gasteiger partial charge in [-0.1, -0.05) is 44.5 Å². The molecule has 0 saturated carbocycles. The first-order valence-corrected chi connectivity index (χ1v) is 9.44. The summed E-state index contributed by atoms with van der Waals surface area (Å²) in [6.07, 6.45) is 2.74. The highest BCUT2D eigenvalue weighted by molar-refractivity contribution is 6.33. The van der Waals surface area contributed by atoms with Crippen molar-refractivity contribution in [1.29, 1.82) is 0 Å². The minimum atomic E-state index is -0.0395. The summed E-state index contributed by atoms with van der Waals surface area (Å²) in [5.74, 6) is 1.64. The summed E-state index contributed by atoms with van der Waals surface area (Å²) in [4.78, 5) is 21.3. The van der Waals surface area contributed by atoms with E-state index in [2.05, 4.69) is 30.7 Å². The lowest BCUT2D eigenvalue weighted by Gasteiger charge is -2.22. The van der Waals surface area contributed by atoms with Crippen molar-refractivity contribution in [3.05, 3.63) is 52.7 Å². The molecule has 0 aliphatic carbocycles. The second-order valence-corrected chi connectivity index (χ2v) is 8.18. The van der Waals surface area contributed by atoms with Crippen LogP contribution in [0.5, 0.6) is 0 Å². The molecule has 0 bridgehead atoms. The molecule has 5 nitrogen and oxygen atoms in total. The average Bonchev–Trinajstić information content (AvgIpc) is 2.94. The minimum Gasteiger partial charge on any atom is -0.444 e. The molecule has 0 spiro atoms. The second kappa shape index (κ2) is 7.80. The summed E-state index contributed by atoms with van der Waals surface area (Å²) in [5.41, 5.74) is 0.535. The molecule has 1 aromatic carbocycles. The van der Waals surface area contributed by atoms with Crippen LogP contribution in [0, 0.1) is 0 Å². The van der Waals surface area contributed by atoms with Gasteiger partial charge in [0.2, 0.25) is 5.89 Å². The normalized spacial score (nSPS) is 16.5. The van der Waals surface area contributed by atoms with E-state index in [1.807, 2.05) is 23.2 Å². The molecule has 3 rings (SSSR count). The lowest BCUT2D eigenvalue weighted by atomic mass is 9.94. The fourth-order valence-electron chi connectivity index (χ4n) is 3.06. The van der Waals surface area contributed by atoms with Crippen LogP contribution in [0.2, 0.25) is 5.02 Å². The zero-order chi connectivity index (χ0) is 18.7. The van der Waals surface area contributed by atoms with Gasteiger partial charge in [-0.15, -0.1) is 0 Å². The predicted octanol–water partition coefficient (Wildman–Crippen LogP) is 3.97. The summed E-state index contributed by atoms with van der Waals surface area (Å²) >= 11 is 6.18.